The first-order chi connectivity index (χ1) is 11.5. The van der Waals surface area contributed by atoms with E-state index in [0.717, 1.165) is 0 Å². The Balaban J connectivity index is 1.75. The number of carbonyl (C=O) groups excluding carboxylic acids is 1. The van der Waals surface area contributed by atoms with E-state index in [2.05, 4.69) is 10.3 Å². The fourth-order valence-corrected chi connectivity index (χ4v) is 2.91. The van der Waals surface area contributed by atoms with E-state index in [-0.39, 0.29) is 11.5 Å². The van der Waals surface area contributed by atoms with Gasteiger partial charge < -0.3 is 15.1 Å². The molecule has 2 aromatic heterocycles. The monoisotopic (exact) mass is 381 g/mol. The smallest absolute Gasteiger partial charge is 0.380 e. The number of nitrogens with zero attached hydrogens (tertiary/aromatic N) is 2. The number of carbonyl (C=O) groups is 1. The zero-order valence-electron chi connectivity index (χ0n) is 11.9. The van der Waals surface area contributed by atoms with Gasteiger partial charge in [0.15, 0.2) is 17.3 Å². The van der Waals surface area contributed by atoms with E-state index in [1.807, 2.05) is 11.4 Å². The van der Waals surface area contributed by atoms with Crippen LogP contribution in [0.15, 0.2) is 51.5 Å². The minimum absolute atomic E-state index is 0.0567. The molecule has 122 valence electrons. The van der Waals surface area contributed by atoms with Crippen LogP contribution >= 0.6 is 34.5 Å². The molecule has 0 aliphatic rings. The van der Waals surface area contributed by atoms with E-state index < -0.39 is 5.97 Å². The van der Waals surface area contributed by atoms with Gasteiger partial charge in [0.25, 0.3) is 0 Å². The first-order valence-corrected chi connectivity index (χ1v) is 8.19. The number of benzene rings is 1. The van der Waals surface area contributed by atoms with Gasteiger partial charge in [0.1, 0.15) is 0 Å². The van der Waals surface area contributed by atoms with Crippen LogP contribution in [-0.4, -0.2) is 17.0 Å². The van der Waals surface area contributed by atoms with Crippen molar-refractivity contribution in [2.45, 2.75) is 0 Å². The predicted octanol–water partition coefficient (Wildman–Crippen LogP) is 4.19. The maximum Gasteiger partial charge on any atom is 0.387 e. The molecule has 1 aromatic carbocycles. The van der Waals surface area contributed by atoms with E-state index in [1.54, 1.807) is 24.3 Å². The average Bonchev–Trinajstić information content (AvgIpc) is 3.23. The Hall–Kier alpha value is -2.35. The van der Waals surface area contributed by atoms with Crippen molar-refractivity contribution in [1.82, 2.24) is 5.16 Å². The summed E-state index contributed by atoms with van der Waals surface area (Å²) in [6, 6.07) is 9.83. The van der Waals surface area contributed by atoms with Gasteiger partial charge >= 0.3 is 5.97 Å². The third kappa shape index (κ3) is 3.59. The predicted molar refractivity (Wildman–Crippen MR) is 92.4 cm³/mol. The molecule has 0 atom stereocenters. The Kier molecular flexibility index (Phi) is 4.84. The van der Waals surface area contributed by atoms with Gasteiger partial charge in [-0.2, -0.15) is 0 Å². The third-order valence-corrected chi connectivity index (χ3v) is 4.36. The van der Waals surface area contributed by atoms with Gasteiger partial charge in [0.05, 0.1) is 9.90 Å². The maximum absolute atomic E-state index is 11.9. The van der Waals surface area contributed by atoms with E-state index in [0.29, 0.717) is 26.2 Å². The van der Waals surface area contributed by atoms with E-state index in [1.165, 1.54) is 17.4 Å². The lowest BCUT2D eigenvalue weighted by Gasteiger charge is -1.99. The molecule has 0 unspecified atom stereocenters. The lowest BCUT2D eigenvalue weighted by atomic mass is 10.1. The summed E-state index contributed by atoms with van der Waals surface area (Å²) in [5.41, 5.74) is 6.20. The van der Waals surface area contributed by atoms with Crippen LogP contribution in [0.4, 0.5) is 0 Å². The van der Waals surface area contributed by atoms with Gasteiger partial charge in [-0.05, 0) is 29.6 Å². The van der Waals surface area contributed by atoms with Crippen molar-refractivity contribution in [1.29, 1.82) is 0 Å². The number of thiophene rings is 1. The fraction of sp³-hybridized carbons (Fsp3) is 0. The molecule has 0 radical (unpaired) electrons. The van der Waals surface area contributed by atoms with Crippen molar-refractivity contribution < 1.29 is 14.2 Å². The lowest BCUT2D eigenvalue weighted by molar-refractivity contribution is 0.0504. The van der Waals surface area contributed by atoms with Gasteiger partial charge in [-0.25, -0.2) is 4.79 Å². The molecular weight excluding hydrogens is 373 g/mol. The third-order valence-electron chi connectivity index (χ3n) is 2.92. The second-order valence-electron chi connectivity index (χ2n) is 4.53. The molecule has 0 aliphatic carbocycles. The largest absolute Gasteiger partial charge is 0.387 e. The van der Waals surface area contributed by atoms with Gasteiger partial charge in [-0.1, -0.05) is 39.6 Å². The number of amidine groups is 1. The summed E-state index contributed by atoms with van der Waals surface area (Å²) in [7, 11) is 0. The molecule has 0 fully saturated rings. The minimum atomic E-state index is -0.797. The Morgan fingerprint density at radius 1 is 1.29 bits per heavy atom. The van der Waals surface area contributed by atoms with E-state index in [4.69, 9.17) is 38.3 Å². The number of hydrogen-bond acceptors (Lipinski definition) is 6. The fourth-order valence-electron chi connectivity index (χ4n) is 1.79. The molecule has 0 saturated carbocycles. The first-order valence-electron chi connectivity index (χ1n) is 6.55. The molecule has 2 N–H and O–H groups in total. The highest BCUT2D eigenvalue weighted by atomic mass is 35.5. The van der Waals surface area contributed by atoms with Crippen molar-refractivity contribution in [2.75, 3.05) is 0 Å². The SMILES string of the molecule is N/C(=N\OC(=O)c1cc(-c2ccc(Cl)cc2Cl)on1)c1cccs1. The molecule has 6 nitrogen and oxygen atoms in total. The summed E-state index contributed by atoms with van der Waals surface area (Å²) in [6.07, 6.45) is 0. The number of aromatic nitrogens is 1. The quantitative estimate of drug-likeness (QED) is 0.316. The summed E-state index contributed by atoms with van der Waals surface area (Å²) in [4.78, 5) is 17.4. The molecule has 0 spiro atoms. The summed E-state index contributed by atoms with van der Waals surface area (Å²) >= 11 is 13.3. The van der Waals surface area contributed by atoms with Crippen molar-refractivity contribution in [3.8, 4) is 11.3 Å². The molecule has 24 heavy (non-hydrogen) atoms. The molecule has 3 aromatic rings. The van der Waals surface area contributed by atoms with Crippen molar-refractivity contribution in [2.24, 2.45) is 10.9 Å². The summed E-state index contributed by atoms with van der Waals surface area (Å²) in [6.45, 7) is 0. The Morgan fingerprint density at radius 2 is 2.12 bits per heavy atom. The van der Waals surface area contributed by atoms with E-state index in [9.17, 15) is 4.79 Å². The van der Waals surface area contributed by atoms with Crippen molar-refractivity contribution >= 4 is 46.3 Å². The molecule has 0 saturated heterocycles. The van der Waals surface area contributed by atoms with Crippen LogP contribution in [0.25, 0.3) is 11.3 Å². The molecule has 0 aliphatic heterocycles. The molecular formula is C15H9Cl2N3O3S. The summed E-state index contributed by atoms with van der Waals surface area (Å²) < 4.78 is 5.12. The highest BCUT2D eigenvalue weighted by Gasteiger charge is 2.17. The number of halogens is 2. The minimum Gasteiger partial charge on any atom is -0.380 e. The van der Waals surface area contributed by atoms with Crippen LogP contribution in [0.1, 0.15) is 15.4 Å². The van der Waals surface area contributed by atoms with E-state index >= 15 is 0 Å². The van der Waals surface area contributed by atoms with Crippen LogP contribution in [0, 0.1) is 0 Å². The zero-order valence-corrected chi connectivity index (χ0v) is 14.2. The van der Waals surface area contributed by atoms with Crippen LogP contribution in [0.5, 0.6) is 0 Å². The van der Waals surface area contributed by atoms with Gasteiger partial charge in [0, 0.05) is 16.7 Å². The summed E-state index contributed by atoms with van der Waals surface area (Å²) in [5, 5.41) is 9.93. The Labute approximate surface area is 150 Å². The lowest BCUT2D eigenvalue weighted by Crippen LogP contribution is -2.13. The highest BCUT2D eigenvalue weighted by Crippen LogP contribution is 2.30. The first kappa shape index (κ1) is 16.5. The number of oxime groups is 1. The van der Waals surface area contributed by atoms with Crippen LogP contribution < -0.4 is 5.73 Å². The number of rotatable bonds is 4. The maximum atomic E-state index is 11.9. The van der Waals surface area contributed by atoms with Crippen molar-refractivity contribution in [3.63, 3.8) is 0 Å². The molecule has 0 amide bonds. The topological polar surface area (TPSA) is 90.7 Å². The number of nitrogens with two attached hydrogens (primary N) is 1. The number of hydrogen-bond donors (Lipinski definition) is 1. The molecule has 2 heterocycles. The molecule has 3 rings (SSSR count). The normalized spacial score (nSPS) is 11.5. The van der Waals surface area contributed by atoms with Crippen LogP contribution in [0.3, 0.4) is 0 Å². The second kappa shape index (κ2) is 7.04. The zero-order chi connectivity index (χ0) is 17.1. The molecule has 9 heteroatoms. The average molecular weight is 382 g/mol. The Bertz CT molecular complexity index is 907. The van der Waals surface area contributed by atoms with Gasteiger partial charge in [-0.3, -0.25) is 0 Å². The van der Waals surface area contributed by atoms with Crippen molar-refractivity contribution in [3.05, 3.63) is 62.4 Å². The van der Waals surface area contributed by atoms with Crippen LogP contribution in [0.2, 0.25) is 10.0 Å². The Morgan fingerprint density at radius 3 is 2.83 bits per heavy atom. The van der Waals surface area contributed by atoms with Gasteiger partial charge in [-0.15, -0.1) is 11.3 Å². The summed E-state index contributed by atoms with van der Waals surface area (Å²) in [5.74, 6) is -0.392. The van der Waals surface area contributed by atoms with Gasteiger partial charge in [0.2, 0.25) is 0 Å². The highest BCUT2D eigenvalue weighted by molar-refractivity contribution is 7.12. The standard InChI is InChI=1S/C15H9Cl2N3O3S/c16-8-3-4-9(10(17)6-8)12-7-11(19-22-12)15(21)23-20-14(18)13-2-1-5-24-13/h1-7H,(H2,18,20). The van der Waals surface area contributed by atoms with Crippen LogP contribution in [-0.2, 0) is 4.84 Å². The second-order valence-corrected chi connectivity index (χ2v) is 6.32. The molecule has 0 bridgehead atoms.